The summed E-state index contributed by atoms with van der Waals surface area (Å²) in [5.41, 5.74) is 1.92. The molecule has 2 nitrogen and oxygen atoms in total. The lowest BCUT2D eigenvalue weighted by Crippen LogP contribution is -2.34. The van der Waals surface area contributed by atoms with E-state index in [-0.39, 0.29) is 11.5 Å². The van der Waals surface area contributed by atoms with Crippen molar-refractivity contribution in [1.82, 2.24) is 0 Å². The Balaban J connectivity index is 2.09. The highest BCUT2D eigenvalue weighted by Crippen LogP contribution is 2.26. The molecule has 0 aliphatic carbocycles. The van der Waals surface area contributed by atoms with Crippen LogP contribution < -0.4 is 0 Å². The molecular weight excluding hydrogens is 262 g/mol. The number of nitrogens with zero attached hydrogens (tertiary/aromatic N) is 1. The van der Waals surface area contributed by atoms with Gasteiger partial charge >= 0.3 is 0 Å². The van der Waals surface area contributed by atoms with Crippen LogP contribution in [0.4, 0.5) is 0 Å². The van der Waals surface area contributed by atoms with Crippen LogP contribution in [0.2, 0.25) is 25.7 Å². The number of halogens is 1. The lowest BCUT2D eigenvalue weighted by atomic mass is 10.0. The van der Waals surface area contributed by atoms with Crippen molar-refractivity contribution in [2.24, 2.45) is 5.16 Å². The summed E-state index contributed by atoms with van der Waals surface area (Å²) in [5, 5.41) is 4.21. The normalized spacial score (nSPS) is 24.3. The number of hydrogen-bond donors (Lipinski definition) is 0. The lowest BCUT2D eigenvalue weighted by Gasteiger charge is -2.28. The largest absolute Gasteiger partial charge is 0.392 e. The number of alkyl halides is 1. The molecule has 2 rings (SSSR count). The molecule has 0 radical (unpaired) electrons. The Morgan fingerprint density at radius 2 is 1.94 bits per heavy atom. The average molecular weight is 282 g/mol. The molecule has 98 valence electrons. The predicted octanol–water partition coefficient (Wildman–Crippen LogP) is 4.13. The molecule has 0 N–H and O–H groups in total. The minimum atomic E-state index is -1.13. The van der Waals surface area contributed by atoms with E-state index in [1.165, 1.54) is 0 Å². The maximum Gasteiger partial charge on any atom is 0.127 e. The first-order valence-electron chi connectivity index (χ1n) is 6.39. The Morgan fingerprint density at radius 3 is 2.50 bits per heavy atom. The van der Waals surface area contributed by atoms with Gasteiger partial charge in [0.05, 0.1) is 5.38 Å². The van der Waals surface area contributed by atoms with Crippen molar-refractivity contribution in [2.75, 3.05) is 0 Å². The summed E-state index contributed by atoms with van der Waals surface area (Å²) in [6.07, 6.45) is 1.05. The molecular formula is C14H20ClNOSi. The van der Waals surface area contributed by atoms with Gasteiger partial charge in [-0.2, -0.15) is 0 Å². The lowest BCUT2D eigenvalue weighted by molar-refractivity contribution is 0.0573. The van der Waals surface area contributed by atoms with E-state index in [0.29, 0.717) is 0 Å². The zero-order valence-electron chi connectivity index (χ0n) is 11.2. The Hall–Kier alpha value is -0.803. The van der Waals surface area contributed by atoms with Crippen molar-refractivity contribution >= 4 is 25.4 Å². The Morgan fingerprint density at radius 1 is 1.28 bits per heavy atom. The fourth-order valence-electron chi connectivity index (χ4n) is 2.22. The van der Waals surface area contributed by atoms with Gasteiger partial charge in [0.2, 0.25) is 0 Å². The summed E-state index contributed by atoms with van der Waals surface area (Å²) < 4.78 is 0. The highest BCUT2D eigenvalue weighted by Gasteiger charge is 2.30. The summed E-state index contributed by atoms with van der Waals surface area (Å²) in [6.45, 7) is 7.03. The van der Waals surface area contributed by atoms with Crippen molar-refractivity contribution in [3.63, 3.8) is 0 Å². The third-order valence-electron chi connectivity index (χ3n) is 2.98. The molecule has 1 aromatic carbocycles. The second-order valence-corrected chi connectivity index (χ2v) is 12.1. The van der Waals surface area contributed by atoms with Crippen LogP contribution >= 0.6 is 11.6 Å². The van der Waals surface area contributed by atoms with Crippen LogP contribution in [0.15, 0.2) is 35.5 Å². The van der Waals surface area contributed by atoms with Gasteiger partial charge in [-0.05, 0) is 6.04 Å². The smallest absolute Gasteiger partial charge is 0.127 e. The van der Waals surface area contributed by atoms with Gasteiger partial charge in [-0.15, -0.1) is 11.6 Å². The standard InChI is InChI=1S/C14H20ClNOSi/c1-18(2,3)10-12-9-13(15)14(16-17-12)11-7-5-4-6-8-11/h4-8,12-13H,9-10H2,1-3H3/t12-,13+/m1/s1. The fourth-order valence-corrected chi connectivity index (χ4v) is 4.19. The van der Waals surface area contributed by atoms with Gasteiger partial charge in [-0.25, -0.2) is 0 Å². The van der Waals surface area contributed by atoms with Crippen molar-refractivity contribution in [3.8, 4) is 0 Å². The molecule has 0 saturated heterocycles. The van der Waals surface area contributed by atoms with Crippen LogP contribution in [0.3, 0.4) is 0 Å². The second-order valence-electron chi connectivity index (χ2n) is 6.04. The van der Waals surface area contributed by atoms with E-state index in [4.69, 9.17) is 16.4 Å². The second kappa shape index (κ2) is 5.45. The Labute approximate surface area is 115 Å². The molecule has 0 saturated carbocycles. The number of oxime groups is 1. The first-order valence-corrected chi connectivity index (χ1v) is 10.5. The van der Waals surface area contributed by atoms with Gasteiger partial charge in [0.1, 0.15) is 11.8 Å². The first-order chi connectivity index (χ1) is 8.46. The third kappa shape index (κ3) is 3.59. The van der Waals surface area contributed by atoms with Gasteiger partial charge in [0, 0.05) is 20.1 Å². The minimum Gasteiger partial charge on any atom is -0.392 e. The Kier molecular flexibility index (Phi) is 4.13. The van der Waals surface area contributed by atoms with E-state index in [2.05, 4.69) is 24.8 Å². The van der Waals surface area contributed by atoms with Crippen LogP contribution in [0.1, 0.15) is 12.0 Å². The molecule has 0 amide bonds. The van der Waals surface area contributed by atoms with Gasteiger partial charge < -0.3 is 4.84 Å². The van der Waals surface area contributed by atoms with Crippen LogP contribution in [0.5, 0.6) is 0 Å². The van der Waals surface area contributed by atoms with E-state index < -0.39 is 8.07 Å². The number of benzene rings is 1. The van der Waals surface area contributed by atoms with Crippen LogP contribution in [0, 0.1) is 0 Å². The zero-order valence-corrected chi connectivity index (χ0v) is 12.9. The zero-order chi connectivity index (χ0) is 13.2. The molecule has 4 heteroatoms. The summed E-state index contributed by atoms with van der Waals surface area (Å²) in [7, 11) is -1.13. The van der Waals surface area contributed by atoms with Crippen LogP contribution in [0.25, 0.3) is 0 Å². The SMILES string of the molecule is C[Si](C)(C)C[C@H]1C[C@H](Cl)C(c2ccccc2)=NO1. The van der Waals surface area contributed by atoms with Crippen molar-refractivity contribution < 1.29 is 4.84 Å². The highest BCUT2D eigenvalue weighted by molar-refractivity contribution is 6.76. The topological polar surface area (TPSA) is 21.6 Å². The molecule has 0 spiro atoms. The maximum atomic E-state index is 6.45. The Bertz CT molecular complexity index is 427. The minimum absolute atomic E-state index is 0.0394. The van der Waals surface area contributed by atoms with E-state index in [0.717, 1.165) is 23.7 Å². The van der Waals surface area contributed by atoms with Crippen LogP contribution in [-0.4, -0.2) is 25.3 Å². The van der Waals surface area contributed by atoms with E-state index in [9.17, 15) is 0 Å². The molecule has 18 heavy (non-hydrogen) atoms. The predicted molar refractivity (Wildman–Crippen MR) is 80.3 cm³/mol. The van der Waals surface area contributed by atoms with Crippen molar-refractivity contribution in [1.29, 1.82) is 0 Å². The summed E-state index contributed by atoms with van der Waals surface area (Å²) in [6, 6.07) is 11.1. The van der Waals surface area contributed by atoms with Crippen molar-refractivity contribution in [3.05, 3.63) is 35.9 Å². The summed E-state index contributed by atoms with van der Waals surface area (Å²) in [5.74, 6) is 0. The average Bonchev–Trinajstić information content (AvgIpc) is 2.28. The molecule has 0 fully saturated rings. The van der Waals surface area contributed by atoms with E-state index in [1.54, 1.807) is 0 Å². The molecule has 0 bridgehead atoms. The van der Waals surface area contributed by atoms with E-state index in [1.807, 2.05) is 30.3 Å². The fraction of sp³-hybridized carbons (Fsp3) is 0.500. The maximum absolute atomic E-state index is 6.45. The van der Waals surface area contributed by atoms with Crippen molar-refractivity contribution in [2.45, 2.75) is 43.6 Å². The quantitative estimate of drug-likeness (QED) is 0.603. The molecule has 0 unspecified atom stereocenters. The number of hydrogen-bond acceptors (Lipinski definition) is 2. The molecule has 2 atom stereocenters. The van der Waals surface area contributed by atoms with Gasteiger partial charge in [-0.3, -0.25) is 0 Å². The molecule has 1 aliphatic heterocycles. The summed E-state index contributed by atoms with van der Waals surface area (Å²) in [4.78, 5) is 5.63. The van der Waals surface area contributed by atoms with E-state index >= 15 is 0 Å². The summed E-state index contributed by atoms with van der Waals surface area (Å²) >= 11 is 6.45. The van der Waals surface area contributed by atoms with Gasteiger partial charge in [-0.1, -0.05) is 55.1 Å². The molecule has 1 aromatic rings. The molecule has 1 heterocycles. The first kappa shape index (κ1) is 13.6. The molecule has 1 aliphatic rings. The third-order valence-corrected chi connectivity index (χ3v) is 5.04. The van der Waals surface area contributed by atoms with Gasteiger partial charge in [0.25, 0.3) is 0 Å². The molecule has 0 aromatic heterocycles. The van der Waals surface area contributed by atoms with Crippen LogP contribution in [-0.2, 0) is 4.84 Å². The van der Waals surface area contributed by atoms with Gasteiger partial charge in [0.15, 0.2) is 0 Å². The monoisotopic (exact) mass is 281 g/mol. The highest BCUT2D eigenvalue weighted by atomic mass is 35.5. The number of rotatable bonds is 3.